The van der Waals surface area contributed by atoms with E-state index in [9.17, 15) is 14.9 Å². The number of rotatable bonds is 6. The lowest BCUT2D eigenvalue weighted by atomic mass is 10.2. The Morgan fingerprint density at radius 3 is 2.79 bits per heavy atom. The molecule has 0 unspecified atom stereocenters. The molecule has 7 nitrogen and oxygen atoms in total. The molecule has 0 aliphatic carbocycles. The van der Waals surface area contributed by atoms with Crippen LogP contribution in [0.2, 0.25) is 5.02 Å². The van der Waals surface area contributed by atoms with Gasteiger partial charge in [-0.1, -0.05) is 35.9 Å². The summed E-state index contributed by atoms with van der Waals surface area (Å²) in [7, 11) is 0. The van der Waals surface area contributed by atoms with Gasteiger partial charge >= 0.3 is 0 Å². The Labute approximate surface area is 143 Å². The summed E-state index contributed by atoms with van der Waals surface area (Å²) in [4.78, 5) is 22.0. The topological polar surface area (TPSA) is 96.6 Å². The number of nitro benzene ring substituents is 1. The first-order valence-corrected chi connectivity index (χ1v) is 7.40. The molecule has 124 valence electrons. The van der Waals surface area contributed by atoms with Gasteiger partial charge in [0.1, 0.15) is 5.02 Å². The van der Waals surface area contributed by atoms with E-state index in [1.165, 1.54) is 18.3 Å². The van der Waals surface area contributed by atoms with E-state index in [2.05, 4.69) is 15.8 Å². The van der Waals surface area contributed by atoms with Crippen LogP contribution in [0.5, 0.6) is 0 Å². The van der Waals surface area contributed by atoms with Crippen LogP contribution in [0.15, 0.2) is 47.6 Å². The highest BCUT2D eigenvalue weighted by Gasteiger charge is 2.11. The largest absolute Gasteiger partial charge is 0.376 e. The lowest BCUT2D eigenvalue weighted by molar-refractivity contribution is -0.384. The Kier molecular flexibility index (Phi) is 5.86. The number of anilines is 1. The molecule has 0 saturated heterocycles. The Bertz CT molecular complexity index is 793. The third kappa shape index (κ3) is 4.79. The third-order valence-corrected chi connectivity index (χ3v) is 3.47. The van der Waals surface area contributed by atoms with Crippen molar-refractivity contribution in [2.24, 2.45) is 5.10 Å². The molecule has 0 saturated carbocycles. The van der Waals surface area contributed by atoms with Gasteiger partial charge in [-0.3, -0.25) is 14.9 Å². The summed E-state index contributed by atoms with van der Waals surface area (Å²) >= 11 is 5.72. The fraction of sp³-hybridized carbons (Fsp3) is 0.125. The van der Waals surface area contributed by atoms with Crippen LogP contribution in [-0.4, -0.2) is 23.6 Å². The number of nitrogens with zero attached hydrogens (tertiary/aromatic N) is 2. The fourth-order valence-electron chi connectivity index (χ4n) is 1.91. The zero-order valence-electron chi connectivity index (χ0n) is 12.8. The summed E-state index contributed by atoms with van der Waals surface area (Å²) in [6, 6.07) is 11.8. The van der Waals surface area contributed by atoms with Crippen LogP contribution < -0.4 is 10.7 Å². The molecule has 1 amide bonds. The molecule has 0 aromatic heterocycles. The molecule has 0 radical (unpaired) electrons. The minimum atomic E-state index is -0.579. The second-order valence-corrected chi connectivity index (χ2v) is 5.34. The molecule has 0 aliphatic rings. The van der Waals surface area contributed by atoms with Crippen molar-refractivity contribution in [1.82, 2.24) is 5.43 Å². The number of aryl methyl sites for hydroxylation is 1. The highest BCUT2D eigenvalue weighted by atomic mass is 35.5. The van der Waals surface area contributed by atoms with Crippen LogP contribution in [0.1, 0.15) is 11.1 Å². The van der Waals surface area contributed by atoms with E-state index in [0.29, 0.717) is 5.56 Å². The molecule has 0 heterocycles. The number of nitrogens with one attached hydrogen (secondary N) is 2. The summed E-state index contributed by atoms with van der Waals surface area (Å²) in [5.41, 5.74) is 4.49. The number of benzene rings is 2. The van der Waals surface area contributed by atoms with Gasteiger partial charge in [0, 0.05) is 17.3 Å². The van der Waals surface area contributed by atoms with E-state index in [1.807, 2.05) is 31.2 Å². The van der Waals surface area contributed by atoms with Gasteiger partial charge in [0.15, 0.2) is 0 Å². The summed E-state index contributed by atoms with van der Waals surface area (Å²) in [6.45, 7) is 1.99. The number of hydrogen-bond donors (Lipinski definition) is 2. The Balaban J connectivity index is 1.90. The number of carbonyl (C=O) groups excluding carboxylic acids is 1. The van der Waals surface area contributed by atoms with Crippen LogP contribution in [0.3, 0.4) is 0 Å². The number of nitro groups is 1. The van der Waals surface area contributed by atoms with Gasteiger partial charge in [-0.25, -0.2) is 5.43 Å². The van der Waals surface area contributed by atoms with Crippen molar-refractivity contribution >= 4 is 35.1 Å². The smallest absolute Gasteiger partial charge is 0.288 e. The van der Waals surface area contributed by atoms with Crippen molar-refractivity contribution < 1.29 is 9.72 Å². The lowest BCUT2D eigenvalue weighted by Crippen LogP contribution is -2.26. The SMILES string of the molecule is Cc1ccccc1NCC(=O)N/N=C\c1ccc(Cl)c([N+](=O)[O-])c1. The Morgan fingerprint density at radius 1 is 1.33 bits per heavy atom. The minimum absolute atomic E-state index is 0.0450. The van der Waals surface area contributed by atoms with Gasteiger partial charge < -0.3 is 5.32 Å². The first kappa shape index (κ1) is 17.4. The van der Waals surface area contributed by atoms with E-state index >= 15 is 0 Å². The summed E-state index contributed by atoms with van der Waals surface area (Å²) in [5.74, 6) is -0.335. The van der Waals surface area contributed by atoms with E-state index in [0.717, 1.165) is 11.3 Å². The third-order valence-electron chi connectivity index (χ3n) is 3.15. The molecular formula is C16H15ClN4O3. The first-order valence-electron chi connectivity index (χ1n) is 7.02. The van der Waals surface area contributed by atoms with Gasteiger partial charge in [-0.15, -0.1) is 0 Å². The van der Waals surface area contributed by atoms with Crippen LogP contribution in [0, 0.1) is 17.0 Å². The molecule has 24 heavy (non-hydrogen) atoms. The van der Waals surface area contributed by atoms with Crippen LogP contribution in [0.4, 0.5) is 11.4 Å². The second kappa shape index (κ2) is 8.07. The predicted molar refractivity (Wildman–Crippen MR) is 93.5 cm³/mol. The average molecular weight is 347 g/mol. The molecule has 2 aromatic carbocycles. The van der Waals surface area contributed by atoms with E-state index in [-0.39, 0.29) is 23.2 Å². The molecule has 2 N–H and O–H groups in total. The zero-order chi connectivity index (χ0) is 17.5. The maximum atomic E-state index is 11.7. The lowest BCUT2D eigenvalue weighted by Gasteiger charge is -2.07. The highest BCUT2D eigenvalue weighted by Crippen LogP contribution is 2.24. The van der Waals surface area contributed by atoms with Crippen molar-refractivity contribution in [1.29, 1.82) is 0 Å². The van der Waals surface area contributed by atoms with E-state index in [1.54, 1.807) is 6.07 Å². The zero-order valence-corrected chi connectivity index (χ0v) is 13.6. The summed E-state index contributed by atoms with van der Waals surface area (Å²) in [5, 5.41) is 17.6. The highest BCUT2D eigenvalue weighted by molar-refractivity contribution is 6.32. The number of hydrazone groups is 1. The molecule has 0 aliphatic heterocycles. The van der Waals surface area contributed by atoms with Crippen LogP contribution in [-0.2, 0) is 4.79 Å². The summed E-state index contributed by atoms with van der Waals surface area (Å²) in [6.07, 6.45) is 1.31. The van der Waals surface area contributed by atoms with Crippen molar-refractivity contribution in [2.45, 2.75) is 6.92 Å². The van der Waals surface area contributed by atoms with E-state index < -0.39 is 4.92 Å². The number of para-hydroxylation sites is 1. The Hall–Kier alpha value is -2.93. The fourth-order valence-corrected chi connectivity index (χ4v) is 2.10. The predicted octanol–water partition coefficient (Wildman–Crippen LogP) is 3.12. The average Bonchev–Trinajstić information content (AvgIpc) is 2.55. The standard InChI is InChI=1S/C16H15ClN4O3/c1-11-4-2-3-5-14(11)18-10-16(22)20-19-9-12-6-7-13(17)15(8-12)21(23)24/h2-9,18H,10H2,1H3,(H,20,22)/b19-9-. The number of hydrogen-bond acceptors (Lipinski definition) is 5. The molecule has 0 bridgehead atoms. The van der Waals surface area contributed by atoms with E-state index in [4.69, 9.17) is 11.6 Å². The normalized spacial score (nSPS) is 10.6. The van der Waals surface area contributed by atoms with Crippen LogP contribution >= 0.6 is 11.6 Å². The van der Waals surface area contributed by atoms with Gasteiger partial charge in [-0.2, -0.15) is 5.10 Å². The van der Waals surface area contributed by atoms with Crippen LogP contribution in [0.25, 0.3) is 0 Å². The molecule has 0 atom stereocenters. The molecule has 0 fully saturated rings. The maximum absolute atomic E-state index is 11.7. The van der Waals surface area contributed by atoms with Gasteiger partial charge in [-0.05, 0) is 24.6 Å². The van der Waals surface area contributed by atoms with Gasteiger partial charge in [0.05, 0.1) is 17.7 Å². The molecule has 0 spiro atoms. The minimum Gasteiger partial charge on any atom is -0.376 e. The monoisotopic (exact) mass is 346 g/mol. The molecule has 2 aromatic rings. The molecular weight excluding hydrogens is 332 g/mol. The quantitative estimate of drug-likeness (QED) is 0.477. The molecule has 8 heteroatoms. The summed E-state index contributed by atoms with van der Waals surface area (Å²) < 4.78 is 0. The number of carbonyl (C=O) groups is 1. The van der Waals surface area contributed by atoms with Crippen molar-refractivity contribution in [2.75, 3.05) is 11.9 Å². The number of amides is 1. The molecule has 2 rings (SSSR count). The number of halogens is 1. The van der Waals surface area contributed by atoms with Crippen molar-refractivity contribution in [3.05, 3.63) is 68.7 Å². The van der Waals surface area contributed by atoms with Crippen molar-refractivity contribution in [3.8, 4) is 0 Å². The first-order chi connectivity index (χ1) is 11.5. The van der Waals surface area contributed by atoms with Gasteiger partial charge in [0.25, 0.3) is 11.6 Å². The Morgan fingerprint density at radius 2 is 2.08 bits per heavy atom. The van der Waals surface area contributed by atoms with Gasteiger partial charge in [0.2, 0.25) is 0 Å². The second-order valence-electron chi connectivity index (χ2n) is 4.93. The van der Waals surface area contributed by atoms with Crippen molar-refractivity contribution in [3.63, 3.8) is 0 Å². The maximum Gasteiger partial charge on any atom is 0.288 e.